The van der Waals surface area contributed by atoms with Crippen LogP contribution in [0, 0.1) is 0 Å². The van der Waals surface area contributed by atoms with E-state index in [9.17, 15) is 19.8 Å². The number of aromatic nitrogens is 1. The van der Waals surface area contributed by atoms with Crippen molar-refractivity contribution in [1.82, 2.24) is 9.88 Å². The van der Waals surface area contributed by atoms with E-state index in [1.54, 1.807) is 0 Å². The molecule has 1 heterocycles. The van der Waals surface area contributed by atoms with E-state index in [-0.39, 0.29) is 19.2 Å². The highest BCUT2D eigenvalue weighted by molar-refractivity contribution is 5.89. The smallest absolute Gasteiger partial charge is 0.322 e. The number of aromatic hydroxyl groups is 1. The van der Waals surface area contributed by atoms with Crippen LogP contribution in [0.1, 0.15) is 13.8 Å². The molecule has 0 aliphatic rings. The van der Waals surface area contributed by atoms with Gasteiger partial charge in [-0.25, -0.2) is 4.79 Å². The summed E-state index contributed by atoms with van der Waals surface area (Å²) in [5.74, 6) is 0.250. The Morgan fingerprint density at radius 1 is 1.17 bits per heavy atom. The van der Waals surface area contributed by atoms with Crippen molar-refractivity contribution in [2.75, 3.05) is 18.5 Å². The van der Waals surface area contributed by atoms with Crippen LogP contribution in [0.25, 0.3) is 10.9 Å². The Morgan fingerprint density at radius 3 is 2.70 bits per heavy atom. The highest BCUT2D eigenvalue weighted by Gasteiger charge is 2.21. The van der Waals surface area contributed by atoms with Gasteiger partial charge in [0.2, 0.25) is 5.43 Å². The van der Waals surface area contributed by atoms with Crippen LogP contribution in [0.15, 0.2) is 59.5 Å². The molecule has 0 aliphatic heterocycles. The lowest BCUT2D eigenvalue weighted by Crippen LogP contribution is -2.45. The number of H-pyrrole nitrogens is 1. The second kappa shape index (κ2) is 9.32. The SMILES string of the molecule is CC(C)N(CC(O)COc1cccc2[nH]ccc12)C(=O)Nc1ccc(O)c(=O)cc1. The van der Waals surface area contributed by atoms with Gasteiger partial charge >= 0.3 is 6.03 Å². The molecule has 0 saturated carbocycles. The monoisotopic (exact) mass is 411 g/mol. The summed E-state index contributed by atoms with van der Waals surface area (Å²) in [6, 6.07) is 12.1. The van der Waals surface area contributed by atoms with Crippen LogP contribution < -0.4 is 15.5 Å². The number of fused-ring (bicyclic) bond motifs is 1. The van der Waals surface area contributed by atoms with E-state index in [2.05, 4.69) is 10.3 Å². The van der Waals surface area contributed by atoms with Gasteiger partial charge < -0.3 is 30.2 Å². The van der Waals surface area contributed by atoms with Gasteiger partial charge in [0.05, 0.1) is 6.54 Å². The Kier molecular flexibility index (Phi) is 6.58. The van der Waals surface area contributed by atoms with Gasteiger partial charge in [0.25, 0.3) is 0 Å². The van der Waals surface area contributed by atoms with E-state index < -0.39 is 23.3 Å². The molecule has 30 heavy (non-hydrogen) atoms. The molecular weight excluding hydrogens is 386 g/mol. The number of hydrogen-bond acceptors (Lipinski definition) is 5. The number of ether oxygens (including phenoxy) is 1. The van der Waals surface area contributed by atoms with Gasteiger partial charge in [-0.2, -0.15) is 0 Å². The summed E-state index contributed by atoms with van der Waals surface area (Å²) in [6.07, 6.45) is 0.911. The highest BCUT2D eigenvalue weighted by Crippen LogP contribution is 2.24. The number of amides is 2. The second-order valence-corrected chi connectivity index (χ2v) is 7.21. The van der Waals surface area contributed by atoms with E-state index in [0.29, 0.717) is 11.4 Å². The molecular formula is C22H25N3O5. The van der Waals surface area contributed by atoms with E-state index in [1.807, 2.05) is 44.3 Å². The predicted octanol–water partition coefficient (Wildman–Crippen LogP) is 2.92. The zero-order valence-corrected chi connectivity index (χ0v) is 16.8. The number of carbonyl (C=O) groups excluding carboxylic acids is 1. The van der Waals surface area contributed by atoms with E-state index >= 15 is 0 Å². The molecule has 0 radical (unpaired) electrons. The van der Waals surface area contributed by atoms with Crippen molar-refractivity contribution in [2.45, 2.75) is 26.0 Å². The van der Waals surface area contributed by atoms with Gasteiger partial charge in [0.1, 0.15) is 18.5 Å². The Hall–Kier alpha value is -3.52. The molecule has 8 heteroatoms. The first-order valence-corrected chi connectivity index (χ1v) is 9.63. The van der Waals surface area contributed by atoms with Crippen LogP contribution in [0.3, 0.4) is 0 Å². The highest BCUT2D eigenvalue weighted by atomic mass is 16.5. The lowest BCUT2D eigenvalue weighted by molar-refractivity contribution is 0.0722. The van der Waals surface area contributed by atoms with Gasteiger partial charge in [-0.05, 0) is 56.3 Å². The fraction of sp³-hybridized carbons (Fsp3) is 0.273. The molecule has 2 amide bonds. The fourth-order valence-corrected chi connectivity index (χ4v) is 3.01. The van der Waals surface area contributed by atoms with Crippen molar-refractivity contribution in [3.05, 3.63) is 65.0 Å². The third-order valence-corrected chi connectivity index (χ3v) is 4.62. The van der Waals surface area contributed by atoms with Gasteiger partial charge in [-0.1, -0.05) is 6.07 Å². The van der Waals surface area contributed by atoms with Gasteiger partial charge in [-0.15, -0.1) is 0 Å². The van der Waals surface area contributed by atoms with Crippen molar-refractivity contribution in [1.29, 1.82) is 0 Å². The van der Waals surface area contributed by atoms with Crippen molar-refractivity contribution < 1.29 is 19.7 Å². The zero-order valence-electron chi connectivity index (χ0n) is 16.8. The summed E-state index contributed by atoms with van der Waals surface area (Å²) in [5.41, 5.74) is 0.752. The fourth-order valence-electron chi connectivity index (χ4n) is 3.01. The van der Waals surface area contributed by atoms with E-state index in [1.165, 1.54) is 29.2 Å². The summed E-state index contributed by atoms with van der Waals surface area (Å²) in [5, 5.41) is 23.5. The molecule has 1 atom stereocenters. The maximum Gasteiger partial charge on any atom is 0.322 e. The molecule has 0 fully saturated rings. The minimum absolute atomic E-state index is 0.0223. The summed E-state index contributed by atoms with van der Waals surface area (Å²) in [4.78, 5) is 28.7. The molecule has 0 spiro atoms. The number of urea groups is 1. The molecule has 158 valence electrons. The molecule has 0 saturated heterocycles. The van der Waals surface area contributed by atoms with E-state index in [0.717, 1.165) is 10.9 Å². The third-order valence-electron chi connectivity index (χ3n) is 4.62. The first kappa shape index (κ1) is 21.2. The van der Waals surface area contributed by atoms with Gasteiger partial charge in [0.15, 0.2) is 5.75 Å². The standard InChI is InChI=1S/C22H25N3O5/c1-14(2)25(22(29)24-15-6-8-19(27)20(28)9-7-15)12-16(26)13-30-21-5-3-4-18-17(21)10-11-23-18/h3-11,14,16,23,26H,12-13H2,1-2H3,(H,24,29)(H,27,28). The lowest BCUT2D eigenvalue weighted by atomic mass is 10.2. The number of nitrogens with zero attached hydrogens (tertiary/aromatic N) is 1. The molecule has 1 aromatic heterocycles. The summed E-state index contributed by atoms with van der Waals surface area (Å²) < 4.78 is 5.77. The summed E-state index contributed by atoms with van der Waals surface area (Å²) in [6.45, 7) is 3.75. The summed E-state index contributed by atoms with van der Waals surface area (Å²) in [7, 11) is 0. The maximum absolute atomic E-state index is 12.7. The quantitative estimate of drug-likeness (QED) is 0.477. The molecule has 3 rings (SSSR count). The Balaban J connectivity index is 1.63. The largest absolute Gasteiger partial charge is 0.504 e. The number of aliphatic hydroxyl groups is 1. The number of nitrogens with one attached hydrogen (secondary N) is 2. The van der Waals surface area contributed by atoms with Crippen molar-refractivity contribution in [3.8, 4) is 11.5 Å². The van der Waals surface area contributed by atoms with Crippen LogP contribution in [0.4, 0.5) is 10.5 Å². The minimum atomic E-state index is -0.906. The molecule has 1 unspecified atom stereocenters. The number of aliphatic hydroxyl groups excluding tert-OH is 1. The number of hydrogen-bond donors (Lipinski definition) is 4. The third kappa shape index (κ3) is 5.09. The number of anilines is 1. The number of aromatic amines is 1. The van der Waals surface area contributed by atoms with Crippen LogP contribution in [-0.2, 0) is 0 Å². The minimum Gasteiger partial charge on any atom is -0.504 e. The molecule has 0 aliphatic carbocycles. The normalized spacial score (nSPS) is 12.0. The van der Waals surface area contributed by atoms with Gasteiger partial charge in [0, 0.05) is 28.8 Å². The van der Waals surface area contributed by atoms with Crippen LogP contribution in [0.5, 0.6) is 11.5 Å². The van der Waals surface area contributed by atoms with Gasteiger partial charge in [-0.3, -0.25) is 4.79 Å². The number of benzene rings is 1. The molecule has 0 bridgehead atoms. The number of rotatable bonds is 7. The number of carbonyl (C=O) groups is 1. The van der Waals surface area contributed by atoms with Crippen LogP contribution in [-0.4, -0.2) is 51.4 Å². The van der Waals surface area contributed by atoms with Crippen molar-refractivity contribution in [3.63, 3.8) is 0 Å². The first-order valence-electron chi connectivity index (χ1n) is 9.63. The Morgan fingerprint density at radius 2 is 1.93 bits per heavy atom. The molecule has 4 N–H and O–H groups in total. The summed E-state index contributed by atoms with van der Waals surface area (Å²) >= 11 is 0. The molecule has 2 aromatic carbocycles. The van der Waals surface area contributed by atoms with Crippen molar-refractivity contribution in [2.24, 2.45) is 0 Å². The average molecular weight is 411 g/mol. The zero-order chi connectivity index (χ0) is 21.7. The maximum atomic E-state index is 12.7. The Bertz CT molecular complexity index is 1080. The van der Waals surface area contributed by atoms with Crippen LogP contribution >= 0.6 is 0 Å². The second-order valence-electron chi connectivity index (χ2n) is 7.21. The Labute approximate surface area is 173 Å². The van der Waals surface area contributed by atoms with E-state index in [4.69, 9.17) is 4.74 Å². The topological polar surface area (TPSA) is 115 Å². The van der Waals surface area contributed by atoms with Crippen LogP contribution in [0.2, 0.25) is 0 Å². The predicted molar refractivity (Wildman–Crippen MR) is 115 cm³/mol. The average Bonchev–Trinajstić information content (AvgIpc) is 3.15. The van der Waals surface area contributed by atoms with Crippen molar-refractivity contribution >= 4 is 22.6 Å². The lowest BCUT2D eigenvalue weighted by Gasteiger charge is -2.29. The molecule has 8 nitrogen and oxygen atoms in total. The first-order chi connectivity index (χ1) is 14.3. The molecule has 3 aromatic rings.